The summed E-state index contributed by atoms with van der Waals surface area (Å²) >= 11 is 0. The number of aliphatic hydroxyl groups excluding tert-OH is 1. The van der Waals surface area contributed by atoms with Gasteiger partial charge in [-0.25, -0.2) is 34.3 Å². The second-order valence-electron chi connectivity index (χ2n) is 25.3. The molecule has 4 atom stereocenters. The fourth-order valence-corrected chi connectivity index (χ4v) is 12.4. The van der Waals surface area contributed by atoms with E-state index < -0.39 is 11.2 Å². The van der Waals surface area contributed by atoms with Crippen LogP contribution < -0.4 is 0 Å². The number of nitrogens with one attached hydrogen (secondary N) is 4. The van der Waals surface area contributed by atoms with Gasteiger partial charge in [0.25, 0.3) is 0 Å². The van der Waals surface area contributed by atoms with Crippen molar-refractivity contribution in [1.82, 2.24) is 59.5 Å². The van der Waals surface area contributed by atoms with Gasteiger partial charge in [0, 0.05) is 24.2 Å². The number of benzene rings is 4. The van der Waals surface area contributed by atoms with Gasteiger partial charge in [-0.1, -0.05) is 97.1 Å². The first-order chi connectivity index (χ1) is 41.8. The van der Waals surface area contributed by atoms with Gasteiger partial charge in [0.05, 0.1) is 72.6 Å². The summed E-state index contributed by atoms with van der Waals surface area (Å²) in [6, 6.07) is 33.3. The van der Waals surface area contributed by atoms with Gasteiger partial charge >= 0.3 is 18.2 Å². The second kappa shape index (κ2) is 25.5. The Morgan fingerprint density at radius 1 is 0.494 bits per heavy atom. The number of H-pyrrole nitrogens is 4. The lowest BCUT2D eigenvalue weighted by molar-refractivity contribution is 0.0208. The maximum atomic E-state index is 12.8. The average molecular weight is 1180 g/mol. The van der Waals surface area contributed by atoms with Gasteiger partial charge < -0.3 is 39.3 Å². The zero-order valence-corrected chi connectivity index (χ0v) is 51.6. The van der Waals surface area contributed by atoms with Crippen molar-refractivity contribution in [2.45, 2.75) is 142 Å². The molecule has 456 valence electrons. The van der Waals surface area contributed by atoms with E-state index in [9.17, 15) is 19.5 Å². The highest BCUT2D eigenvalue weighted by Crippen LogP contribution is 2.38. The molecule has 8 heterocycles. The summed E-state index contributed by atoms with van der Waals surface area (Å²) in [5, 5.41) is 9.98. The summed E-state index contributed by atoms with van der Waals surface area (Å²) in [5.41, 5.74) is 11.6. The van der Waals surface area contributed by atoms with Gasteiger partial charge in [0.15, 0.2) is 5.69 Å². The summed E-state index contributed by atoms with van der Waals surface area (Å²) in [6.07, 6.45) is 11.0. The molecule has 19 heteroatoms. The number of hydrogen-bond donors (Lipinski definition) is 5. The molecule has 12 rings (SSSR count). The van der Waals surface area contributed by atoms with Crippen LogP contribution in [-0.4, -0.2) is 141 Å². The summed E-state index contributed by atoms with van der Waals surface area (Å²) in [6.45, 7) is 16.7. The van der Waals surface area contributed by atoms with E-state index in [-0.39, 0.29) is 48.9 Å². The molecule has 4 fully saturated rings. The number of likely N-dealkylation sites (tertiary alicyclic amines) is 4. The lowest BCUT2D eigenvalue weighted by Gasteiger charge is -2.27. The van der Waals surface area contributed by atoms with Crippen LogP contribution in [0.2, 0.25) is 0 Å². The van der Waals surface area contributed by atoms with E-state index in [1.807, 2.05) is 66.1 Å². The van der Waals surface area contributed by atoms with Crippen molar-refractivity contribution in [1.29, 1.82) is 0 Å². The highest BCUT2D eigenvalue weighted by Gasteiger charge is 2.37. The van der Waals surface area contributed by atoms with Crippen LogP contribution in [0.5, 0.6) is 0 Å². The molecule has 4 aromatic carbocycles. The predicted molar refractivity (Wildman–Crippen MR) is 335 cm³/mol. The lowest BCUT2D eigenvalue weighted by Crippen LogP contribution is -2.36. The van der Waals surface area contributed by atoms with Crippen LogP contribution in [0, 0.1) is 0 Å². The van der Waals surface area contributed by atoms with Crippen molar-refractivity contribution in [2.75, 3.05) is 46.9 Å². The first-order valence-electron chi connectivity index (χ1n) is 30.7. The number of esters is 1. The van der Waals surface area contributed by atoms with Crippen LogP contribution in [0.15, 0.2) is 109 Å². The van der Waals surface area contributed by atoms with E-state index in [2.05, 4.69) is 139 Å². The number of hydrogen-bond acceptors (Lipinski definition) is 13. The number of carbonyl (C=O) groups excluding carboxylic acids is 3. The van der Waals surface area contributed by atoms with Gasteiger partial charge in [0.2, 0.25) is 0 Å². The third-order valence-corrected chi connectivity index (χ3v) is 16.8. The van der Waals surface area contributed by atoms with Gasteiger partial charge in [-0.2, -0.15) is 0 Å². The Hall–Kier alpha value is -8.39. The average Bonchev–Trinajstić information content (AvgIpc) is 3.14. The van der Waals surface area contributed by atoms with Crippen molar-refractivity contribution >= 4 is 18.2 Å². The molecular formula is C68H82N12O7. The van der Waals surface area contributed by atoms with Gasteiger partial charge in [-0.05, 0) is 160 Å². The molecule has 0 bridgehead atoms. The van der Waals surface area contributed by atoms with Crippen molar-refractivity contribution in [3.8, 4) is 67.3 Å². The first kappa shape index (κ1) is 60.3. The fourth-order valence-electron chi connectivity index (χ4n) is 12.4. The summed E-state index contributed by atoms with van der Waals surface area (Å²) in [5.74, 6) is 2.91. The maximum absolute atomic E-state index is 12.8. The highest BCUT2D eigenvalue weighted by atomic mass is 16.6. The zero-order valence-electron chi connectivity index (χ0n) is 51.6. The highest BCUT2D eigenvalue weighted by molar-refractivity contribution is 5.94. The molecule has 19 nitrogen and oxygen atoms in total. The fraction of sp³-hybridized carbons (Fsp3) is 0.426. The molecule has 0 radical (unpaired) electrons. The van der Waals surface area contributed by atoms with Crippen molar-refractivity contribution in [3.63, 3.8) is 0 Å². The number of rotatable bonds is 13. The minimum Gasteiger partial charge on any atom is -0.461 e. The van der Waals surface area contributed by atoms with Gasteiger partial charge in [-0.3, -0.25) is 19.6 Å². The Labute approximate surface area is 509 Å². The number of imidazole rings is 4. The number of carbonyl (C=O) groups is 3. The number of ether oxygens (including phenoxy) is 3. The molecule has 4 aromatic heterocycles. The third kappa shape index (κ3) is 13.6. The summed E-state index contributed by atoms with van der Waals surface area (Å²) in [7, 11) is 4.21. The molecule has 5 N–H and O–H groups in total. The van der Waals surface area contributed by atoms with Crippen molar-refractivity contribution in [3.05, 3.63) is 144 Å². The van der Waals surface area contributed by atoms with Crippen LogP contribution >= 0.6 is 0 Å². The monoisotopic (exact) mass is 1180 g/mol. The Morgan fingerprint density at radius 2 is 0.862 bits per heavy atom. The normalized spacial score (nSPS) is 19.1. The van der Waals surface area contributed by atoms with Crippen LogP contribution in [0.1, 0.15) is 163 Å². The Balaban J connectivity index is 0.000000181. The standard InChI is InChI=1S/C35H42N6O4.C33H40N6O3/c1-6-44-33(42)30-29(38-32(39-30)27-9-7-19-40(27)5)25-17-13-23(14-18-25)22-11-15-24(16-12-22)26-21-36-31(37-26)28-10-8-20-41(28)34(43)45-35(2,3)4;1-33(2,3)42-32(41)39-18-6-8-28(39)30-34-19-25(35-30)23-13-9-21(10-14-23)22-11-15-24(16-12-22)29-26(20-40)36-31(37-29)27-7-5-17-38(27)4/h11-18,21,27-28H,6-10,19-20H2,1-5H3,(H,36,37)(H,38,39);9-16,19,27-28,40H,5-8,17-18,20H2,1-4H3,(H,34,35)(H,36,37)/t2*27-,28-/m00/s1. The number of aromatic nitrogens is 8. The second-order valence-corrected chi connectivity index (χ2v) is 25.3. The minimum atomic E-state index is -0.541. The quantitative estimate of drug-likeness (QED) is 0.0535. The molecule has 2 amide bonds. The molecule has 0 spiro atoms. The number of amides is 2. The smallest absolute Gasteiger partial charge is 0.410 e. The number of aliphatic hydroxyl groups is 1. The molecule has 4 aliphatic heterocycles. The van der Waals surface area contributed by atoms with Gasteiger partial charge in [-0.15, -0.1) is 0 Å². The van der Waals surface area contributed by atoms with E-state index in [4.69, 9.17) is 24.2 Å². The van der Waals surface area contributed by atoms with E-state index in [1.165, 1.54) is 0 Å². The molecule has 8 aromatic rings. The summed E-state index contributed by atoms with van der Waals surface area (Å²) in [4.78, 5) is 79.0. The first-order valence-corrected chi connectivity index (χ1v) is 30.7. The van der Waals surface area contributed by atoms with E-state index in [0.29, 0.717) is 31.1 Å². The lowest BCUT2D eigenvalue weighted by atomic mass is 10.0. The number of aromatic amines is 4. The topological polar surface area (TPSA) is 227 Å². The third-order valence-electron chi connectivity index (χ3n) is 16.8. The largest absolute Gasteiger partial charge is 0.461 e. The molecule has 4 aliphatic rings. The Kier molecular flexibility index (Phi) is 17.7. The Bertz CT molecular complexity index is 3660. The molecule has 0 saturated carbocycles. The zero-order chi connectivity index (χ0) is 61.1. The van der Waals surface area contributed by atoms with Crippen molar-refractivity contribution < 1.29 is 33.7 Å². The maximum Gasteiger partial charge on any atom is 0.410 e. The SMILES string of the molecule is CCOC(=O)c1[nH]c([C@@H]2CCCN2C)nc1-c1ccc(-c2ccc(-c3cnc([C@@H]4CCCN4C(=O)OC(C)(C)C)[nH]3)cc2)cc1.CN1CCC[C@H]1c1nc(-c2ccc(-c3ccc(-c4cnc([C@@H]5CCCN5C(=O)OC(C)(C)C)[nH]4)cc3)cc2)c(CO)[nH]1. The Morgan fingerprint density at radius 3 is 1.25 bits per heavy atom. The van der Waals surface area contributed by atoms with Crippen LogP contribution in [0.4, 0.5) is 9.59 Å². The molecule has 0 aliphatic carbocycles. The predicted octanol–water partition coefficient (Wildman–Crippen LogP) is 13.6. The van der Waals surface area contributed by atoms with Crippen LogP contribution in [0.3, 0.4) is 0 Å². The molecule has 4 saturated heterocycles. The minimum absolute atomic E-state index is 0.0723. The molecular weight excluding hydrogens is 1100 g/mol. The number of nitrogens with zero attached hydrogens (tertiary/aromatic N) is 8. The van der Waals surface area contributed by atoms with Crippen LogP contribution in [-0.2, 0) is 20.8 Å². The van der Waals surface area contributed by atoms with E-state index in [0.717, 1.165) is 155 Å². The van der Waals surface area contributed by atoms with E-state index >= 15 is 0 Å². The summed E-state index contributed by atoms with van der Waals surface area (Å²) < 4.78 is 16.6. The van der Waals surface area contributed by atoms with Gasteiger partial charge in [0.1, 0.15) is 40.2 Å². The van der Waals surface area contributed by atoms with Crippen molar-refractivity contribution in [2.24, 2.45) is 0 Å². The molecule has 0 unspecified atom stereocenters. The molecule has 87 heavy (non-hydrogen) atoms. The van der Waals surface area contributed by atoms with Crippen LogP contribution in [0.25, 0.3) is 67.3 Å². The van der Waals surface area contributed by atoms with E-state index in [1.54, 1.807) is 16.7 Å².